The van der Waals surface area contributed by atoms with Gasteiger partial charge in [-0.2, -0.15) is 0 Å². The average molecular weight is 700 g/mol. The van der Waals surface area contributed by atoms with Gasteiger partial charge in [0.15, 0.2) is 0 Å². The normalized spacial score (nSPS) is 11.8. The molecule has 0 bridgehead atoms. The summed E-state index contributed by atoms with van der Waals surface area (Å²) >= 11 is 3.71. The Morgan fingerprint density at radius 1 is 0.404 bits per heavy atom. The number of nitrogens with zero attached hydrogens (tertiary/aromatic N) is 1. The van der Waals surface area contributed by atoms with Crippen LogP contribution in [0.3, 0.4) is 0 Å². The lowest BCUT2D eigenvalue weighted by Crippen LogP contribution is -2.12. The molecule has 3 heterocycles. The number of hydrogen-bond donors (Lipinski definition) is 0. The Morgan fingerprint density at radius 3 is 1.77 bits per heavy atom. The molecule has 3 aromatic heterocycles. The third kappa shape index (κ3) is 4.48. The van der Waals surface area contributed by atoms with Gasteiger partial charge in [-0.3, -0.25) is 0 Å². The Balaban J connectivity index is 1.33. The van der Waals surface area contributed by atoms with E-state index in [9.17, 15) is 0 Å². The molecule has 0 saturated carbocycles. The van der Waals surface area contributed by atoms with Gasteiger partial charge in [0.2, 0.25) is 0 Å². The molecule has 0 aliphatic carbocycles. The first kappa shape index (κ1) is 29.5. The monoisotopic (exact) mass is 699 g/mol. The topological polar surface area (TPSA) is 16.4 Å². The van der Waals surface area contributed by atoms with Gasteiger partial charge in [-0.05, 0) is 65.7 Å². The van der Waals surface area contributed by atoms with Gasteiger partial charge in [-0.15, -0.1) is 22.7 Å². The van der Waals surface area contributed by atoms with E-state index in [1.807, 2.05) is 22.7 Å². The van der Waals surface area contributed by atoms with Crippen LogP contribution in [0, 0.1) is 0 Å². The second-order valence-electron chi connectivity index (χ2n) is 13.2. The molecule has 0 unspecified atom stereocenters. The molecule has 0 spiro atoms. The minimum Gasteiger partial charge on any atom is -0.455 e. The van der Waals surface area contributed by atoms with E-state index < -0.39 is 0 Å². The van der Waals surface area contributed by atoms with Crippen LogP contribution in [0.25, 0.3) is 84.5 Å². The van der Waals surface area contributed by atoms with Crippen molar-refractivity contribution in [2.75, 3.05) is 4.90 Å². The van der Waals surface area contributed by atoms with Crippen molar-refractivity contribution in [3.63, 3.8) is 0 Å². The molecule has 11 rings (SSSR count). The third-order valence-electron chi connectivity index (χ3n) is 10.3. The lowest BCUT2D eigenvalue weighted by Gasteiger charge is -2.30. The van der Waals surface area contributed by atoms with Gasteiger partial charge in [0.05, 0.1) is 16.8 Å². The molecule has 0 aliphatic heterocycles. The summed E-state index contributed by atoms with van der Waals surface area (Å²) in [6.45, 7) is 0. The second-order valence-corrected chi connectivity index (χ2v) is 15.4. The van der Waals surface area contributed by atoms with Crippen molar-refractivity contribution in [2.45, 2.75) is 0 Å². The number of rotatable bonds is 5. The van der Waals surface area contributed by atoms with Crippen molar-refractivity contribution in [1.82, 2.24) is 0 Å². The van der Waals surface area contributed by atoms with Crippen LogP contribution in [-0.4, -0.2) is 0 Å². The summed E-state index contributed by atoms with van der Waals surface area (Å²) in [6, 6.07) is 63.7. The summed E-state index contributed by atoms with van der Waals surface area (Å²) in [5.41, 5.74) is 9.69. The Bertz CT molecular complexity index is 3130. The highest BCUT2D eigenvalue weighted by Gasteiger charge is 2.27. The first-order valence-corrected chi connectivity index (χ1v) is 19.1. The van der Waals surface area contributed by atoms with E-state index in [2.05, 4.69) is 181 Å². The van der Waals surface area contributed by atoms with Crippen LogP contribution in [0.15, 0.2) is 180 Å². The van der Waals surface area contributed by atoms with Crippen LogP contribution in [0.5, 0.6) is 0 Å². The van der Waals surface area contributed by atoms with E-state index in [4.69, 9.17) is 4.42 Å². The molecule has 0 fully saturated rings. The van der Waals surface area contributed by atoms with Crippen LogP contribution < -0.4 is 4.90 Å². The molecule has 0 radical (unpaired) electrons. The number of hydrogen-bond acceptors (Lipinski definition) is 4. The SMILES string of the molecule is c1ccc(-c2ccc3sc4ccccc4c3c2N(c2ccc3sc4ccccc4c3c2)c2ccc(-c3ccccc3)c3oc4ccccc4c23)cc1. The van der Waals surface area contributed by atoms with E-state index in [1.165, 1.54) is 57.2 Å². The van der Waals surface area contributed by atoms with Crippen LogP contribution in [0.1, 0.15) is 0 Å². The summed E-state index contributed by atoms with van der Waals surface area (Å²) in [5.74, 6) is 0. The smallest absolute Gasteiger partial charge is 0.145 e. The summed E-state index contributed by atoms with van der Waals surface area (Å²) in [4.78, 5) is 2.52. The Morgan fingerprint density at radius 2 is 0.981 bits per heavy atom. The zero-order valence-corrected chi connectivity index (χ0v) is 29.5. The summed E-state index contributed by atoms with van der Waals surface area (Å²) in [5, 5.41) is 7.26. The molecule has 11 aromatic rings. The zero-order chi connectivity index (χ0) is 34.2. The Hall–Kier alpha value is -6.20. The predicted molar refractivity (Wildman–Crippen MR) is 225 cm³/mol. The van der Waals surface area contributed by atoms with E-state index in [1.54, 1.807) is 0 Å². The highest BCUT2D eigenvalue weighted by molar-refractivity contribution is 7.26. The van der Waals surface area contributed by atoms with Gasteiger partial charge in [-0.25, -0.2) is 0 Å². The van der Waals surface area contributed by atoms with Crippen LogP contribution in [-0.2, 0) is 0 Å². The zero-order valence-electron chi connectivity index (χ0n) is 27.9. The van der Waals surface area contributed by atoms with Gasteiger partial charge in [0, 0.05) is 62.5 Å². The Labute approximate surface area is 308 Å². The number of anilines is 3. The van der Waals surface area contributed by atoms with Crippen molar-refractivity contribution in [2.24, 2.45) is 0 Å². The molecule has 8 aromatic carbocycles. The second kappa shape index (κ2) is 11.7. The highest BCUT2D eigenvalue weighted by Crippen LogP contribution is 2.53. The van der Waals surface area contributed by atoms with Crippen molar-refractivity contribution < 1.29 is 4.42 Å². The van der Waals surface area contributed by atoms with Crippen LogP contribution >= 0.6 is 22.7 Å². The molecular weight excluding hydrogens is 671 g/mol. The van der Waals surface area contributed by atoms with E-state index >= 15 is 0 Å². The van der Waals surface area contributed by atoms with Gasteiger partial charge in [0.25, 0.3) is 0 Å². The summed E-state index contributed by atoms with van der Waals surface area (Å²) in [7, 11) is 0. The maximum atomic E-state index is 6.85. The molecule has 0 amide bonds. The first-order chi connectivity index (χ1) is 25.8. The molecule has 52 heavy (non-hydrogen) atoms. The molecule has 0 atom stereocenters. The van der Waals surface area contributed by atoms with Gasteiger partial charge >= 0.3 is 0 Å². The number of fused-ring (bicyclic) bond motifs is 9. The molecule has 0 N–H and O–H groups in total. The fourth-order valence-electron chi connectivity index (χ4n) is 7.97. The molecule has 0 saturated heterocycles. The van der Waals surface area contributed by atoms with E-state index in [-0.39, 0.29) is 0 Å². The lowest BCUT2D eigenvalue weighted by molar-refractivity contribution is 0.670. The average Bonchev–Trinajstić information content (AvgIpc) is 3.90. The molecule has 244 valence electrons. The molecule has 2 nitrogen and oxygen atoms in total. The van der Waals surface area contributed by atoms with Gasteiger partial charge in [-0.1, -0.05) is 121 Å². The number of benzene rings is 8. The Kier molecular flexibility index (Phi) is 6.63. The van der Waals surface area contributed by atoms with E-state index in [0.29, 0.717) is 0 Å². The van der Waals surface area contributed by atoms with Crippen molar-refractivity contribution in [1.29, 1.82) is 0 Å². The predicted octanol–water partition coefficient (Wildman–Crippen LogP) is 15.1. The van der Waals surface area contributed by atoms with Gasteiger partial charge < -0.3 is 9.32 Å². The minimum absolute atomic E-state index is 0.879. The fourth-order valence-corrected chi connectivity index (χ4v) is 10.2. The molecule has 0 aliphatic rings. The van der Waals surface area contributed by atoms with Crippen LogP contribution in [0.2, 0.25) is 0 Å². The van der Waals surface area contributed by atoms with Crippen LogP contribution in [0.4, 0.5) is 17.1 Å². The quantitative estimate of drug-likeness (QED) is 0.178. The largest absolute Gasteiger partial charge is 0.455 e. The summed E-state index contributed by atoms with van der Waals surface area (Å²) < 4.78 is 12.0. The van der Waals surface area contributed by atoms with Crippen molar-refractivity contribution in [3.05, 3.63) is 176 Å². The maximum absolute atomic E-state index is 6.85. The number of para-hydroxylation sites is 1. The molecular formula is C48H29NOS2. The summed E-state index contributed by atoms with van der Waals surface area (Å²) in [6.07, 6.45) is 0. The van der Waals surface area contributed by atoms with Crippen molar-refractivity contribution >= 4 is 102 Å². The number of thiophene rings is 2. The van der Waals surface area contributed by atoms with E-state index in [0.717, 1.165) is 44.4 Å². The third-order valence-corrected chi connectivity index (χ3v) is 12.6. The maximum Gasteiger partial charge on any atom is 0.145 e. The minimum atomic E-state index is 0.879. The molecule has 4 heteroatoms. The first-order valence-electron chi connectivity index (χ1n) is 17.5. The highest BCUT2D eigenvalue weighted by atomic mass is 32.1. The standard InChI is InChI=1S/C48H29NOS2/c1-3-13-30(14-4-1)33-25-28-44-46(37-19-9-12-22-42(37)52-44)47(33)49(32-23-27-43-38(29-32)35-17-8-11-21-41(35)51-43)39-26-24-34(31-15-5-2-6-16-31)48-45(39)36-18-7-10-20-40(36)50-48/h1-29H. The van der Waals surface area contributed by atoms with Gasteiger partial charge in [0.1, 0.15) is 11.2 Å². The number of furan rings is 1. The van der Waals surface area contributed by atoms with Crippen molar-refractivity contribution in [3.8, 4) is 22.3 Å². The fraction of sp³-hybridized carbons (Fsp3) is 0. The lowest BCUT2D eigenvalue weighted by atomic mass is 9.96.